The summed E-state index contributed by atoms with van der Waals surface area (Å²) in [4.78, 5) is 4.38. The molecule has 0 saturated carbocycles. The number of hydrogen-bond acceptors (Lipinski definition) is 5. The van der Waals surface area contributed by atoms with Crippen molar-refractivity contribution in [3.05, 3.63) is 35.9 Å². The Hall–Kier alpha value is -1.27. The summed E-state index contributed by atoms with van der Waals surface area (Å²) in [5.74, 6) is 0. The first-order valence-electron chi connectivity index (χ1n) is 8.72. The molecule has 1 aromatic carbocycles. The summed E-state index contributed by atoms with van der Waals surface area (Å²) in [5.41, 5.74) is 2.10. The number of nitrogens with zero attached hydrogens (tertiary/aromatic N) is 1. The van der Waals surface area contributed by atoms with E-state index >= 15 is 0 Å². The molecule has 0 heterocycles. The third-order valence-electron chi connectivity index (χ3n) is 3.34. The van der Waals surface area contributed by atoms with Gasteiger partial charge in [-0.05, 0) is 18.9 Å². The lowest BCUT2D eigenvalue weighted by Crippen LogP contribution is -2.12. The maximum absolute atomic E-state index is 5.44. The van der Waals surface area contributed by atoms with E-state index in [1.807, 2.05) is 37.3 Å². The van der Waals surface area contributed by atoms with Gasteiger partial charge >= 0.3 is 0 Å². The zero-order valence-electron chi connectivity index (χ0n) is 15.0. The van der Waals surface area contributed by atoms with Crippen LogP contribution in [-0.4, -0.2) is 58.7 Å². The fourth-order valence-corrected chi connectivity index (χ4v) is 1.88. The van der Waals surface area contributed by atoms with E-state index in [9.17, 15) is 0 Å². The van der Waals surface area contributed by atoms with Crippen molar-refractivity contribution in [3.8, 4) is 0 Å². The molecule has 1 rings (SSSR count). The minimum Gasteiger partial charge on any atom is -0.379 e. The van der Waals surface area contributed by atoms with Gasteiger partial charge < -0.3 is 18.9 Å². The van der Waals surface area contributed by atoms with Gasteiger partial charge in [-0.2, -0.15) is 0 Å². The smallest absolute Gasteiger partial charge is 0.137 e. The van der Waals surface area contributed by atoms with E-state index in [0.29, 0.717) is 46.4 Å². The minimum atomic E-state index is 0.357. The van der Waals surface area contributed by atoms with Crippen LogP contribution in [0.4, 0.5) is 0 Å². The molecule has 5 heteroatoms. The summed E-state index contributed by atoms with van der Waals surface area (Å²) in [7, 11) is 0. The van der Waals surface area contributed by atoms with Crippen molar-refractivity contribution in [1.29, 1.82) is 0 Å². The molecule has 0 amide bonds. The van der Waals surface area contributed by atoms with E-state index in [-0.39, 0.29) is 0 Å². The Bertz CT molecular complexity index is 423. The first-order chi connectivity index (χ1) is 11.8. The van der Waals surface area contributed by atoms with Crippen LogP contribution in [0.15, 0.2) is 35.3 Å². The van der Waals surface area contributed by atoms with Crippen LogP contribution in [0.5, 0.6) is 0 Å². The minimum absolute atomic E-state index is 0.357. The number of ether oxygens (including phenoxy) is 4. The Balaban J connectivity index is 1.85. The summed E-state index contributed by atoms with van der Waals surface area (Å²) < 4.78 is 21.7. The second kappa shape index (κ2) is 15.3. The van der Waals surface area contributed by atoms with Crippen LogP contribution in [0.1, 0.15) is 32.3 Å². The molecule has 0 radical (unpaired) electrons. The Morgan fingerprint density at radius 3 is 1.92 bits per heavy atom. The zero-order valence-corrected chi connectivity index (χ0v) is 15.0. The molecule has 0 bridgehead atoms. The van der Waals surface area contributed by atoms with Gasteiger partial charge in [-0.25, -0.2) is 0 Å². The summed E-state index contributed by atoms with van der Waals surface area (Å²) in [6.45, 7) is 8.83. The van der Waals surface area contributed by atoms with E-state index in [1.165, 1.54) is 0 Å². The van der Waals surface area contributed by atoms with Gasteiger partial charge in [0.2, 0.25) is 0 Å². The maximum Gasteiger partial charge on any atom is 0.137 e. The van der Waals surface area contributed by atoms with Crippen LogP contribution in [0.3, 0.4) is 0 Å². The van der Waals surface area contributed by atoms with Crippen molar-refractivity contribution >= 4 is 5.71 Å². The fraction of sp³-hybridized carbons (Fsp3) is 0.632. The van der Waals surface area contributed by atoms with Crippen LogP contribution in [0.2, 0.25) is 0 Å². The molecule has 136 valence electrons. The van der Waals surface area contributed by atoms with Crippen molar-refractivity contribution in [2.45, 2.75) is 26.7 Å². The molecular weight excluding hydrogens is 306 g/mol. The zero-order chi connectivity index (χ0) is 17.3. The molecule has 0 saturated heterocycles. The highest BCUT2D eigenvalue weighted by Crippen LogP contribution is 2.00. The SMILES string of the molecule is CCCCOCCOCCOCCOC/N=C(\C)c1ccccc1. The van der Waals surface area contributed by atoms with Crippen molar-refractivity contribution in [3.63, 3.8) is 0 Å². The topological polar surface area (TPSA) is 49.3 Å². The molecule has 0 fully saturated rings. The molecule has 0 aliphatic rings. The van der Waals surface area contributed by atoms with Gasteiger partial charge in [0.1, 0.15) is 6.73 Å². The van der Waals surface area contributed by atoms with Crippen molar-refractivity contribution in [2.75, 3.05) is 53.0 Å². The van der Waals surface area contributed by atoms with E-state index < -0.39 is 0 Å². The predicted octanol–water partition coefficient (Wildman–Crippen LogP) is 3.32. The lowest BCUT2D eigenvalue weighted by atomic mass is 10.1. The third kappa shape index (κ3) is 11.3. The Kier molecular flexibility index (Phi) is 13.2. The molecule has 5 nitrogen and oxygen atoms in total. The number of benzene rings is 1. The van der Waals surface area contributed by atoms with Crippen molar-refractivity contribution in [1.82, 2.24) is 0 Å². The van der Waals surface area contributed by atoms with Crippen molar-refractivity contribution in [2.24, 2.45) is 4.99 Å². The lowest BCUT2D eigenvalue weighted by molar-refractivity contribution is -0.00124. The lowest BCUT2D eigenvalue weighted by Gasteiger charge is -2.07. The summed E-state index contributed by atoms with van der Waals surface area (Å²) >= 11 is 0. The van der Waals surface area contributed by atoms with E-state index in [0.717, 1.165) is 30.7 Å². The standard InChI is InChI=1S/C19H31NO4/c1-3-4-10-21-11-12-22-13-14-23-15-16-24-17-20-18(2)19-8-6-5-7-9-19/h5-9H,3-4,10-17H2,1-2H3/b20-18+. The molecule has 0 aliphatic carbocycles. The molecule has 0 aromatic heterocycles. The third-order valence-corrected chi connectivity index (χ3v) is 3.34. The van der Waals surface area contributed by atoms with Gasteiger partial charge in [0, 0.05) is 12.3 Å². The average molecular weight is 337 g/mol. The van der Waals surface area contributed by atoms with Gasteiger partial charge in [0.15, 0.2) is 0 Å². The van der Waals surface area contributed by atoms with Crippen LogP contribution >= 0.6 is 0 Å². The van der Waals surface area contributed by atoms with E-state index in [4.69, 9.17) is 18.9 Å². The molecule has 0 atom stereocenters. The molecule has 0 N–H and O–H groups in total. The van der Waals surface area contributed by atoms with E-state index in [2.05, 4.69) is 11.9 Å². The molecule has 0 spiro atoms. The van der Waals surface area contributed by atoms with Gasteiger partial charge in [-0.3, -0.25) is 4.99 Å². The highest BCUT2D eigenvalue weighted by atomic mass is 16.6. The van der Waals surface area contributed by atoms with Crippen LogP contribution in [0.25, 0.3) is 0 Å². The van der Waals surface area contributed by atoms with Gasteiger partial charge in [-0.15, -0.1) is 0 Å². The predicted molar refractivity (Wildman–Crippen MR) is 96.8 cm³/mol. The van der Waals surface area contributed by atoms with Crippen LogP contribution in [-0.2, 0) is 18.9 Å². The summed E-state index contributed by atoms with van der Waals surface area (Å²) in [5, 5.41) is 0. The first-order valence-corrected chi connectivity index (χ1v) is 8.72. The number of rotatable bonds is 15. The second-order valence-electron chi connectivity index (χ2n) is 5.34. The number of unbranched alkanes of at least 4 members (excludes halogenated alkanes) is 1. The second-order valence-corrected chi connectivity index (χ2v) is 5.34. The summed E-state index contributed by atoms with van der Waals surface area (Å²) in [6, 6.07) is 10.1. The Labute approximate surface area is 146 Å². The van der Waals surface area contributed by atoms with Gasteiger partial charge in [-0.1, -0.05) is 43.7 Å². The largest absolute Gasteiger partial charge is 0.379 e. The number of hydrogen-bond donors (Lipinski definition) is 0. The normalized spacial score (nSPS) is 11.8. The monoisotopic (exact) mass is 337 g/mol. The maximum atomic E-state index is 5.44. The molecular formula is C19H31NO4. The molecule has 1 aromatic rings. The van der Waals surface area contributed by atoms with E-state index in [1.54, 1.807) is 0 Å². The number of aliphatic imine (C=N–C) groups is 1. The average Bonchev–Trinajstić information content (AvgIpc) is 2.62. The summed E-state index contributed by atoms with van der Waals surface area (Å²) in [6.07, 6.45) is 2.27. The van der Waals surface area contributed by atoms with Gasteiger partial charge in [0.25, 0.3) is 0 Å². The van der Waals surface area contributed by atoms with Crippen LogP contribution in [0, 0.1) is 0 Å². The quantitative estimate of drug-likeness (QED) is 0.364. The molecule has 0 unspecified atom stereocenters. The highest BCUT2D eigenvalue weighted by Gasteiger charge is 1.95. The first kappa shape index (κ1) is 20.8. The van der Waals surface area contributed by atoms with Crippen molar-refractivity contribution < 1.29 is 18.9 Å². The Morgan fingerprint density at radius 1 is 0.792 bits per heavy atom. The Morgan fingerprint density at radius 2 is 1.33 bits per heavy atom. The highest BCUT2D eigenvalue weighted by molar-refractivity contribution is 5.98. The fourth-order valence-electron chi connectivity index (χ4n) is 1.88. The molecule has 24 heavy (non-hydrogen) atoms. The van der Waals surface area contributed by atoms with Crippen LogP contribution < -0.4 is 0 Å². The molecule has 0 aliphatic heterocycles. The van der Waals surface area contributed by atoms with Gasteiger partial charge in [0.05, 0.1) is 39.6 Å².